The van der Waals surface area contributed by atoms with Gasteiger partial charge < -0.3 is 4.90 Å². The van der Waals surface area contributed by atoms with Crippen molar-refractivity contribution in [2.75, 3.05) is 20.1 Å². The lowest BCUT2D eigenvalue weighted by molar-refractivity contribution is -0.136. The molecule has 0 bridgehead atoms. The van der Waals surface area contributed by atoms with E-state index < -0.39 is 0 Å². The first kappa shape index (κ1) is 19.2. The Morgan fingerprint density at radius 1 is 1.19 bits per heavy atom. The van der Waals surface area contributed by atoms with E-state index in [-0.39, 0.29) is 11.8 Å². The second kappa shape index (κ2) is 8.90. The molecule has 0 radical (unpaired) electrons. The minimum atomic E-state index is 0.0449. The van der Waals surface area contributed by atoms with Crippen molar-refractivity contribution in [3.63, 3.8) is 0 Å². The summed E-state index contributed by atoms with van der Waals surface area (Å²) in [6.45, 7) is 3.17. The highest BCUT2D eigenvalue weighted by atomic mass is 35.5. The van der Waals surface area contributed by atoms with Crippen molar-refractivity contribution in [2.24, 2.45) is 5.92 Å². The van der Waals surface area contributed by atoms with Gasteiger partial charge in [-0.1, -0.05) is 59.6 Å². The first-order chi connectivity index (χ1) is 12.5. The van der Waals surface area contributed by atoms with Crippen molar-refractivity contribution in [2.45, 2.75) is 25.9 Å². The summed E-state index contributed by atoms with van der Waals surface area (Å²) in [6, 6.07) is 15.7. The Bertz CT molecular complexity index is 751. The lowest BCUT2D eigenvalue weighted by Gasteiger charge is -2.34. The SMILES string of the molecule is CN(Cc1ccccc1)C(=O)[C@@H]1CCCN(Cc2ccc(Cl)cc2Cl)C1. The number of piperidine rings is 1. The summed E-state index contributed by atoms with van der Waals surface area (Å²) in [5.41, 5.74) is 2.21. The van der Waals surface area contributed by atoms with E-state index in [4.69, 9.17) is 23.2 Å². The molecule has 1 fully saturated rings. The van der Waals surface area contributed by atoms with E-state index in [1.807, 2.05) is 42.3 Å². The van der Waals surface area contributed by atoms with Crippen LogP contribution in [-0.2, 0) is 17.9 Å². The van der Waals surface area contributed by atoms with Gasteiger partial charge in [0.2, 0.25) is 5.91 Å². The van der Waals surface area contributed by atoms with Crippen LogP contribution in [0.15, 0.2) is 48.5 Å². The number of benzene rings is 2. The van der Waals surface area contributed by atoms with Gasteiger partial charge in [-0.2, -0.15) is 0 Å². The minimum Gasteiger partial charge on any atom is -0.341 e. The number of carbonyl (C=O) groups excluding carboxylic acids is 1. The highest BCUT2D eigenvalue weighted by molar-refractivity contribution is 6.35. The third kappa shape index (κ3) is 5.00. The number of hydrogen-bond acceptors (Lipinski definition) is 2. The molecule has 0 spiro atoms. The lowest BCUT2D eigenvalue weighted by Crippen LogP contribution is -2.43. The van der Waals surface area contributed by atoms with E-state index in [9.17, 15) is 4.79 Å². The minimum absolute atomic E-state index is 0.0449. The van der Waals surface area contributed by atoms with Gasteiger partial charge in [0.15, 0.2) is 0 Å². The Labute approximate surface area is 165 Å². The summed E-state index contributed by atoms with van der Waals surface area (Å²) >= 11 is 12.3. The standard InChI is InChI=1S/C21H24Cl2N2O/c1-24(13-16-6-3-2-4-7-16)21(26)18-8-5-11-25(15-18)14-17-9-10-19(22)12-20(17)23/h2-4,6-7,9-10,12,18H,5,8,11,13-15H2,1H3/t18-/m1/s1. The van der Waals surface area contributed by atoms with Crippen molar-refractivity contribution in [3.05, 3.63) is 69.7 Å². The molecule has 1 aliphatic heterocycles. The van der Waals surface area contributed by atoms with Crippen LogP contribution in [0, 0.1) is 5.92 Å². The molecule has 0 aliphatic carbocycles. The van der Waals surface area contributed by atoms with Gasteiger partial charge in [-0.05, 0) is 42.6 Å². The number of rotatable bonds is 5. The van der Waals surface area contributed by atoms with E-state index >= 15 is 0 Å². The van der Waals surface area contributed by atoms with Gasteiger partial charge >= 0.3 is 0 Å². The summed E-state index contributed by atoms with van der Waals surface area (Å²) in [4.78, 5) is 17.0. The molecular weight excluding hydrogens is 367 g/mol. The highest BCUT2D eigenvalue weighted by Crippen LogP contribution is 2.25. The molecule has 1 atom stereocenters. The van der Waals surface area contributed by atoms with Crippen LogP contribution in [0.25, 0.3) is 0 Å². The second-order valence-electron chi connectivity index (χ2n) is 6.99. The first-order valence-electron chi connectivity index (χ1n) is 8.98. The maximum absolute atomic E-state index is 12.9. The number of halogens is 2. The van der Waals surface area contributed by atoms with Crippen LogP contribution in [0.1, 0.15) is 24.0 Å². The molecule has 5 heteroatoms. The summed E-state index contributed by atoms with van der Waals surface area (Å²) in [5.74, 6) is 0.268. The maximum atomic E-state index is 12.9. The fourth-order valence-corrected chi connectivity index (χ4v) is 4.01. The highest BCUT2D eigenvalue weighted by Gasteiger charge is 2.28. The van der Waals surface area contributed by atoms with Gasteiger partial charge in [-0.3, -0.25) is 9.69 Å². The van der Waals surface area contributed by atoms with Crippen LogP contribution in [0.3, 0.4) is 0 Å². The summed E-state index contributed by atoms with van der Waals surface area (Å²) in [7, 11) is 1.89. The molecule has 1 saturated heterocycles. The van der Waals surface area contributed by atoms with Gasteiger partial charge in [0.1, 0.15) is 0 Å². The van der Waals surface area contributed by atoms with E-state index in [0.717, 1.165) is 43.6 Å². The normalized spacial score (nSPS) is 17.9. The van der Waals surface area contributed by atoms with Crippen molar-refractivity contribution in [1.82, 2.24) is 9.80 Å². The zero-order valence-electron chi connectivity index (χ0n) is 15.0. The molecule has 3 nitrogen and oxygen atoms in total. The van der Waals surface area contributed by atoms with Crippen molar-refractivity contribution >= 4 is 29.1 Å². The molecule has 0 N–H and O–H groups in total. The molecular formula is C21H24Cl2N2O. The summed E-state index contributed by atoms with van der Waals surface area (Å²) < 4.78 is 0. The largest absolute Gasteiger partial charge is 0.341 e. The lowest BCUT2D eigenvalue weighted by atomic mass is 9.96. The van der Waals surface area contributed by atoms with Crippen LogP contribution in [-0.4, -0.2) is 35.8 Å². The Morgan fingerprint density at radius 2 is 1.96 bits per heavy atom. The van der Waals surface area contributed by atoms with Crippen LogP contribution < -0.4 is 0 Å². The van der Waals surface area contributed by atoms with Gasteiger partial charge in [0.25, 0.3) is 0 Å². The van der Waals surface area contributed by atoms with E-state index in [1.54, 1.807) is 6.07 Å². The molecule has 0 unspecified atom stereocenters. The number of amides is 1. The Morgan fingerprint density at radius 3 is 2.69 bits per heavy atom. The predicted molar refractivity (Wildman–Crippen MR) is 107 cm³/mol. The van der Waals surface area contributed by atoms with Crippen LogP contribution in [0.2, 0.25) is 10.0 Å². The fraction of sp³-hybridized carbons (Fsp3) is 0.381. The third-order valence-corrected chi connectivity index (χ3v) is 5.49. The first-order valence-corrected chi connectivity index (χ1v) is 9.73. The molecule has 3 rings (SSSR count). The smallest absolute Gasteiger partial charge is 0.227 e. The predicted octanol–water partition coefficient (Wildman–Crippen LogP) is 4.86. The molecule has 0 saturated carbocycles. The van der Waals surface area contributed by atoms with E-state index in [0.29, 0.717) is 16.6 Å². The van der Waals surface area contributed by atoms with Crippen molar-refractivity contribution < 1.29 is 4.79 Å². The topological polar surface area (TPSA) is 23.6 Å². The maximum Gasteiger partial charge on any atom is 0.227 e. The Kier molecular flexibility index (Phi) is 6.58. The van der Waals surface area contributed by atoms with Crippen LogP contribution >= 0.6 is 23.2 Å². The molecule has 2 aromatic rings. The summed E-state index contributed by atoms with van der Waals surface area (Å²) in [6.07, 6.45) is 1.98. The number of hydrogen-bond donors (Lipinski definition) is 0. The molecule has 2 aromatic carbocycles. The Balaban J connectivity index is 1.59. The second-order valence-corrected chi connectivity index (χ2v) is 7.83. The van der Waals surface area contributed by atoms with Gasteiger partial charge in [0, 0.05) is 36.7 Å². The van der Waals surface area contributed by atoms with Gasteiger partial charge in [-0.15, -0.1) is 0 Å². The monoisotopic (exact) mass is 390 g/mol. The van der Waals surface area contributed by atoms with Crippen molar-refractivity contribution in [1.29, 1.82) is 0 Å². The Hall–Kier alpha value is -1.55. The zero-order chi connectivity index (χ0) is 18.5. The van der Waals surface area contributed by atoms with Crippen LogP contribution in [0.5, 0.6) is 0 Å². The molecule has 1 heterocycles. The number of nitrogens with zero attached hydrogens (tertiary/aromatic N) is 2. The van der Waals surface area contributed by atoms with E-state index in [1.165, 1.54) is 0 Å². The molecule has 1 aliphatic rings. The molecule has 26 heavy (non-hydrogen) atoms. The van der Waals surface area contributed by atoms with Crippen LogP contribution in [0.4, 0.5) is 0 Å². The van der Waals surface area contributed by atoms with Crippen molar-refractivity contribution in [3.8, 4) is 0 Å². The average molecular weight is 391 g/mol. The van der Waals surface area contributed by atoms with Gasteiger partial charge in [-0.25, -0.2) is 0 Å². The third-order valence-electron chi connectivity index (χ3n) is 4.90. The summed E-state index contributed by atoms with van der Waals surface area (Å²) in [5, 5.41) is 1.33. The number of likely N-dealkylation sites (tertiary alicyclic amines) is 1. The van der Waals surface area contributed by atoms with E-state index in [2.05, 4.69) is 17.0 Å². The molecule has 0 aromatic heterocycles. The van der Waals surface area contributed by atoms with Gasteiger partial charge in [0.05, 0.1) is 5.92 Å². The molecule has 138 valence electrons. The average Bonchev–Trinajstić information content (AvgIpc) is 2.64. The fourth-order valence-electron chi connectivity index (χ4n) is 3.54. The molecule has 1 amide bonds. The number of carbonyl (C=O) groups is 1. The zero-order valence-corrected chi connectivity index (χ0v) is 16.5. The quantitative estimate of drug-likeness (QED) is 0.727.